The lowest BCUT2D eigenvalue weighted by Crippen LogP contribution is -2.15. The molecule has 0 spiro atoms. The van der Waals surface area contributed by atoms with E-state index in [9.17, 15) is 0 Å². The first-order chi connectivity index (χ1) is 7.00. The molecule has 1 nitrogen and oxygen atoms in total. The molecule has 1 unspecified atom stereocenters. The molecule has 0 radical (unpaired) electrons. The second-order valence-electron chi connectivity index (χ2n) is 4.00. The van der Waals surface area contributed by atoms with Crippen molar-refractivity contribution in [2.45, 2.75) is 33.5 Å². The number of rotatable bonds is 4. The van der Waals surface area contributed by atoms with E-state index in [4.69, 9.17) is 16.3 Å². The quantitative estimate of drug-likeness (QED) is 0.784. The first-order valence-electron chi connectivity index (χ1n) is 5.06. The highest BCUT2D eigenvalue weighted by Crippen LogP contribution is 2.22. The third-order valence-electron chi connectivity index (χ3n) is 2.46. The van der Waals surface area contributed by atoms with Gasteiger partial charge in [0.2, 0.25) is 0 Å². The Labute approximate surface area is 105 Å². The molecule has 0 saturated carbocycles. The normalized spacial score (nSPS) is 13.2. The number of ether oxygens (including phenoxy) is 1. The van der Waals surface area contributed by atoms with Gasteiger partial charge in [-0.1, -0.05) is 47.4 Å². The maximum atomic E-state index is 6.08. The molecule has 1 rings (SSSR count). The van der Waals surface area contributed by atoms with E-state index in [0.29, 0.717) is 12.5 Å². The van der Waals surface area contributed by atoms with Crippen LogP contribution in [-0.2, 0) is 11.3 Å². The van der Waals surface area contributed by atoms with Gasteiger partial charge in [-0.15, -0.1) is 0 Å². The number of halogens is 2. The predicted octanol–water partition coefficient (Wildman–Crippen LogP) is 4.66. The van der Waals surface area contributed by atoms with Gasteiger partial charge in [0, 0.05) is 9.50 Å². The standard InChI is InChI=1S/C12H16BrClO/c1-8(2)9(3)15-7-10-4-5-11(13)6-12(10)14/h4-6,8-9H,7H2,1-3H3. The zero-order chi connectivity index (χ0) is 11.4. The SMILES string of the molecule is CC(C)C(C)OCc1ccc(Br)cc1Cl. The van der Waals surface area contributed by atoms with Gasteiger partial charge in [-0.2, -0.15) is 0 Å². The third kappa shape index (κ3) is 4.13. The largest absolute Gasteiger partial charge is 0.374 e. The monoisotopic (exact) mass is 290 g/mol. The molecule has 84 valence electrons. The van der Waals surface area contributed by atoms with Crippen LogP contribution in [0.4, 0.5) is 0 Å². The van der Waals surface area contributed by atoms with Crippen molar-refractivity contribution in [1.29, 1.82) is 0 Å². The first-order valence-corrected chi connectivity index (χ1v) is 6.23. The predicted molar refractivity (Wildman–Crippen MR) is 68.2 cm³/mol. The fourth-order valence-corrected chi connectivity index (χ4v) is 1.78. The van der Waals surface area contributed by atoms with Crippen LogP contribution in [0.5, 0.6) is 0 Å². The van der Waals surface area contributed by atoms with Crippen LogP contribution in [-0.4, -0.2) is 6.10 Å². The summed E-state index contributed by atoms with van der Waals surface area (Å²) >= 11 is 9.46. The summed E-state index contributed by atoms with van der Waals surface area (Å²) in [5, 5.41) is 0.750. The van der Waals surface area contributed by atoms with E-state index in [1.807, 2.05) is 18.2 Å². The third-order valence-corrected chi connectivity index (χ3v) is 3.30. The lowest BCUT2D eigenvalue weighted by atomic mass is 10.1. The Morgan fingerprint density at radius 2 is 2.00 bits per heavy atom. The topological polar surface area (TPSA) is 9.23 Å². The number of hydrogen-bond acceptors (Lipinski definition) is 1. The van der Waals surface area contributed by atoms with E-state index >= 15 is 0 Å². The summed E-state index contributed by atoms with van der Waals surface area (Å²) in [6.07, 6.45) is 0.254. The Bertz CT molecular complexity index is 325. The van der Waals surface area contributed by atoms with E-state index in [2.05, 4.69) is 36.7 Å². The van der Waals surface area contributed by atoms with Crippen LogP contribution in [0.3, 0.4) is 0 Å². The fraction of sp³-hybridized carbons (Fsp3) is 0.500. The molecule has 0 N–H and O–H groups in total. The van der Waals surface area contributed by atoms with Crippen molar-refractivity contribution < 1.29 is 4.74 Å². The Morgan fingerprint density at radius 1 is 1.33 bits per heavy atom. The molecule has 15 heavy (non-hydrogen) atoms. The smallest absolute Gasteiger partial charge is 0.0735 e. The number of hydrogen-bond donors (Lipinski definition) is 0. The molecule has 3 heteroatoms. The highest BCUT2D eigenvalue weighted by atomic mass is 79.9. The van der Waals surface area contributed by atoms with Crippen LogP contribution in [0.25, 0.3) is 0 Å². The minimum atomic E-state index is 0.254. The van der Waals surface area contributed by atoms with Gasteiger partial charge >= 0.3 is 0 Å². The Balaban J connectivity index is 2.58. The second kappa shape index (κ2) is 5.88. The van der Waals surface area contributed by atoms with Crippen molar-refractivity contribution in [1.82, 2.24) is 0 Å². The van der Waals surface area contributed by atoms with Crippen LogP contribution in [0, 0.1) is 5.92 Å². The maximum Gasteiger partial charge on any atom is 0.0735 e. The first kappa shape index (κ1) is 13.0. The molecule has 0 fully saturated rings. The van der Waals surface area contributed by atoms with E-state index in [-0.39, 0.29) is 6.10 Å². The van der Waals surface area contributed by atoms with Gasteiger partial charge in [0.15, 0.2) is 0 Å². The second-order valence-corrected chi connectivity index (χ2v) is 5.32. The van der Waals surface area contributed by atoms with Crippen LogP contribution in [0.2, 0.25) is 5.02 Å². The molecule has 0 aliphatic rings. The zero-order valence-electron chi connectivity index (χ0n) is 9.26. The van der Waals surface area contributed by atoms with Gasteiger partial charge in [-0.3, -0.25) is 0 Å². The molecule has 1 atom stereocenters. The summed E-state index contributed by atoms with van der Waals surface area (Å²) in [7, 11) is 0. The van der Waals surface area contributed by atoms with Gasteiger partial charge < -0.3 is 4.74 Å². The van der Waals surface area contributed by atoms with Gasteiger partial charge in [0.1, 0.15) is 0 Å². The highest BCUT2D eigenvalue weighted by molar-refractivity contribution is 9.10. The summed E-state index contributed by atoms with van der Waals surface area (Å²) in [4.78, 5) is 0. The minimum absolute atomic E-state index is 0.254. The van der Waals surface area contributed by atoms with E-state index in [1.54, 1.807) is 0 Å². The molecule has 0 bridgehead atoms. The van der Waals surface area contributed by atoms with Crippen LogP contribution in [0.15, 0.2) is 22.7 Å². The Kier molecular flexibility index (Phi) is 5.10. The van der Waals surface area contributed by atoms with E-state index < -0.39 is 0 Å². The lowest BCUT2D eigenvalue weighted by Gasteiger charge is -2.17. The summed E-state index contributed by atoms with van der Waals surface area (Å²) in [5.41, 5.74) is 1.03. The summed E-state index contributed by atoms with van der Waals surface area (Å²) in [5.74, 6) is 0.527. The van der Waals surface area contributed by atoms with Crippen LogP contribution >= 0.6 is 27.5 Å². The van der Waals surface area contributed by atoms with Crippen LogP contribution in [0.1, 0.15) is 26.3 Å². The minimum Gasteiger partial charge on any atom is -0.374 e. The zero-order valence-corrected chi connectivity index (χ0v) is 11.6. The Hall–Kier alpha value is -0.0500. The molecule has 0 heterocycles. The van der Waals surface area contributed by atoms with Crippen LogP contribution < -0.4 is 0 Å². The average Bonchev–Trinajstić information content (AvgIpc) is 2.15. The molecule has 0 amide bonds. The molecule has 1 aromatic carbocycles. The van der Waals surface area contributed by atoms with Gasteiger partial charge in [0.05, 0.1) is 12.7 Å². The molecule has 0 saturated heterocycles. The average molecular weight is 292 g/mol. The van der Waals surface area contributed by atoms with Crippen molar-refractivity contribution in [3.63, 3.8) is 0 Å². The molecule has 1 aromatic rings. The van der Waals surface area contributed by atoms with Gasteiger partial charge in [0.25, 0.3) is 0 Å². The van der Waals surface area contributed by atoms with E-state index in [0.717, 1.165) is 15.1 Å². The van der Waals surface area contributed by atoms with Gasteiger partial charge in [-0.25, -0.2) is 0 Å². The summed E-state index contributed by atoms with van der Waals surface area (Å²) in [6, 6.07) is 5.85. The van der Waals surface area contributed by atoms with Crippen molar-refractivity contribution >= 4 is 27.5 Å². The molecular formula is C12H16BrClO. The van der Waals surface area contributed by atoms with Gasteiger partial charge in [-0.05, 0) is 30.5 Å². The molecule has 0 aromatic heterocycles. The van der Waals surface area contributed by atoms with E-state index in [1.165, 1.54) is 0 Å². The molecular weight excluding hydrogens is 275 g/mol. The maximum absolute atomic E-state index is 6.08. The molecule has 0 aliphatic carbocycles. The Morgan fingerprint density at radius 3 is 2.53 bits per heavy atom. The summed E-state index contributed by atoms with van der Waals surface area (Å²) < 4.78 is 6.70. The summed E-state index contributed by atoms with van der Waals surface area (Å²) in [6.45, 7) is 6.95. The van der Waals surface area contributed by atoms with Crippen molar-refractivity contribution in [2.75, 3.05) is 0 Å². The van der Waals surface area contributed by atoms with Crippen molar-refractivity contribution in [3.05, 3.63) is 33.3 Å². The number of benzene rings is 1. The van der Waals surface area contributed by atoms with Crippen molar-refractivity contribution in [2.24, 2.45) is 5.92 Å². The highest BCUT2D eigenvalue weighted by Gasteiger charge is 2.08. The molecule has 0 aliphatic heterocycles. The van der Waals surface area contributed by atoms with Crippen molar-refractivity contribution in [3.8, 4) is 0 Å². The lowest BCUT2D eigenvalue weighted by molar-refractivity contribution is 0.0235. The fourth-order valence-electron chi connectivity index (χ4n) is 1.05.